The summed E-state index contributed by atoms with van der Waals surface area (Å²) >= 11 is 0. The number of hydrogen-bond acceptors (Lipinski definition) is 5. The molecule has 2 aliphatic heterocycles. The summed E-state index contributed by atoms with van der Waals surface area (Å²) in [6.45, 7) is 4.72. The highest BCUT2D eigenvalue weighted by atomic mass is 16.5. The summed E-state index contributed by atoms with van der Waals surface area (Å²) < 4.78 is 10.7. The number of benzene rings is 1. The van der Waals surface area contributed by atoms with Crippen LogP contribution in [0.4, 0.5) is 5.69 Å². The Kier molecular flexibility index (Phi) is 5.85. The smallest absolute Gasteiger partial charge is 0.228 e. The number of rotatable bonds is 6. The summed E-state index contributed by atoms with van der Waals surface area (Å²) in [6, 6.07) is 12.0. The van der Waals surface area contributed by atoms with Gasteiger partial charge in [0, 0.05) is 45.3 Å². The van der Waals surface area contributed by atoms with Gasteiger partial charge in [0.2, 0.25) is 11.8 Å². The highest BCUT2D eigenvalue weighted by Crippen LogP contribution is 2.23. The van der Waals surface area contributed by atoms with Gasteiger partial charge in [0.15, 0.2) is 0 Å². The molecule has 0 saturated carbocycles. The third-order valence-electron chi connectivity index (χ3n) is 5.60. The molecule has 154 valence electrons. The number of carbonyl (C=O) groups excluding carboxylic acids is 2. The first-order valence-corrected chi connectivity index (χ1v) is 10.1. The Balaban J connectivity index is 1.31. The Morgan fingerprint density at radius 1 is 1.17 bits per heavy atom. The highest BCUT2D eigenvalue weighted by molar-refractivity contribution is 5.89. The zero-order valence-electron chi connectivity index (χ0n) is 16.8. The van der Waals surface area contributed by atoms with E-state index < -0.39 is 0 Å². The Morgan fingerprint density at radius 3 is 2.62 bits per heavy atom. The molecule has 0 N–H and O–H groups in total. The predicted octanol–water partition coefficient (Wildman–Crippen LogP) is 2.12. The van der Waals surface area contributed by atoms with Gasteiger partial charge in [0.25, 0.3) is 0 Å². The van der Waals surface area contributed by atoms with Crippen LogP contribution >= 0.6 is 0 Å². The third-order valence-corrected chi connectivity index (χ3v) is 5.60. The number of morpholine rings is 1. The van der Waals surface area contributed by atoms with Crippen LogP contribution in [0.1, 0.15) is 17.7 Å². The lowest BCUT2D eigenvalue weighted by Crippen LogP contribution is -2.36. The first-order valence-electron chi connectivity index (χ1n) is 10.1. The van der Waals surface area contributed by atoms with E-state index in [1.54, 1.807) is 29.2 Å². The maximum atomic E-state index is 12.9. The molecule has 2 aromatic rings. The van der Waals surface area contributed by atoms with E-state index in [9.17, 15) is 9.59 Å². The maximum absolute atomic E-state index is 12.9. The Bertz CT molecular complexity index is 828. The minimum absolute atomic E-state index is 0.00279. The second kappa shape index (κ2) is 8.69. The molecule has 1 aromatic heterocycles. The first-order chi connectivity index (χ1) is 14.1. The lowest BCUT2D eigenvalue weighted by Gasteiger charge is -2.29. The molecule has 0 radical (unpaired) electrons. The normalized spacial score (nSPS) is 19.6. The van der Waals surface area contributed by atoms with Crippen LogP contribution in [0.15, 0.2) is 47.1 Å². The van der Waals surface area contributed by atoms with Gasteiger partial charge in [-0.25, -0.2) is 0 Å². The van der Waals surface area contributed by atoms with Crippen LogP contribution in [0.25, 0.3) is 0 Å². The van der Waals surface area contributed by atoms with Crippen LogP contribution in [0.2, 0.25) is 0 Å². The largest absolute Gasteiger partial charge is 0.467 e. The van der Waals surface area contributed by atoms with Crippen molar-refractivity contribution in [2.75, 3.05) is 44.8 Å². The maximum Gasteiger partial charge on any atom is 0.228 e. The van der Waals surface area contributed by atoms with Gasteiger partial charge in [-0.2, -0.15) is 0 Å². The van der Waals surface area contributed by atoms with Crippen molar-refractivity contribution in [3.05, 3.63) is 54.0 Å². The van der Waals surface area contributed by atoms with Gasteiger partial charge >= 0.3 is 0 Å². The fourth-order valence-electron chi connectivity index (χ4n) is 3.98. The van der Waals surface area contributed by atoms with Crippen molar-refractivity contribution in [1.82, 2.24) is 9.80 Å². The SMILES string of the molecule is CN(Cc1ccc(N2CCOCC2)cc1)C(=O)C1CC(=O)N(Cc2ccco2)C1. The van der Waals surface area contributed by atoms with Crippen molar-refractivity contribution in [3.63, 3.8) is 0 Å². The monoisotopic (exact) mass is 397 g/mol. The molecule has 29 heavy (non-hydrogen) atoms. The lowest BCUT2D eigenvalue weighted by atomic mass is 10.1. The van der Waals surface area contributed by atoms with E-state index in [1.165, 1.54) is 5.69 Å². The van der Waals surface area contributed by atoms with Crippen LogP contribution in [0.3, 0.4) is 0 Å². The van der Waals surface area contributed by atoms with Gasteiger partial charge in [-0.05, 0) is 29.8 Å². The summed E-state index contributed by atoms with van der Waals surface area (Å²) in [4.78, 5) is 30.9. The number of likely N-dealkylation sites (tertiary alicyclic amines) is 1. The topological polar surface area (TPSA) is 66.2 Å². The fourth-order valence-corrected chi connectivity index (χ4v) is 3.98. The molecule has 4 rings (SSSR count). The van der Waals surface area contributed by atoms with Crippen LogP contribution in [-0.4, -0.2) is 61.5 Å². The van der Waals surface area contributed by atoms with Crippen LogP contribution in [-0.2, 0) is 27.4 Å². The summed E-state index contributed by atoms with van der Waals surface area (Å²) in [5.41, 5.74) is 2.26. The van der Waals surface area contributed by atoms with Crippen molar-refractivity contribution in [1.29, 1.82) is 0 Å². The molecule has 2 amide bonds. The van der Waals surface area contributed by atoms with Gasteiger partial charge in [0.05, 0.1) is 31.9 Å². The van der Waals surface area contributed by atoms with Crippen molar-refractivity contribution in [2.24, 2.45) is 5.92 Å². The summed E-state index contributed by atoms with van der Waals surface area (Å²) in [5.74, 6) is 0.454. The zero-order valence-corrected chi connectivity index (χ0v) is 16.8. The van der Waals surface area contributed by atoms with Gasteiger partial charge in [-0.15, -0.1) is 0 Å². The minimum Gasteiger partial charge on any atom is -0.467 e. The molecule has 2 fully saturated rings. The van der Waals surface area contributed by atoms with Gasteiger partial charge in [-0.1, -0.05) is 12.1 Å². The predicted molar refractivity (Wildman–Crippen MR) is 108 cm³/mol. The molecule has 3 heterocycles. The number of ether oxygens (including phenoxy) is 1. The molecule has 7 heteroatoms. The molecule has 2 saturated heterocycles. The molecule has 1 aromatic carbocycles. The van der Waals surface area contributed by atoms with Gasteiger partial charge in [-0.3, -0.25) is 9.59 Å². The minimum atomic E-state index is -0.296. The van der Waals surface area contributed by atoms with E-state index in [0.29, 0.717) is 19.6 Å². The molecular weight excluding hydrogens is 370 g/mol. The van der Waals surface area contributed by atoms with Gasteiger partial charge in [0.1, 0.15) is 5.76 Å². The van der Waals surface area contributed by atoms with Gasteiger partial charge < -0.3 is 23.9 Å². The average Bonchev–Trinajstić information content (AvgIpc) is 3.39. The summed E-state index contributed by atoms with van der Waals surface area (Å²) in [5, 5.41) is 0. The number of hydrogen-bond donors (Lipinski definition) is 0. The second-order valence-corrected chi connectivity index (χ2v) is 7.71. The number of furan rings is 1. The molecular formula is C22H27N3O4. The number of amides is 2. The van der Waals surface area contributed by atoms with Crippen molar-refractivity contribution < 1.29 is 18.7 Å². The lowest BCUT2D eigenvalue weighted by molar-refractivity contribution is -0.135. The molecule has 7 nitrogen and oxygen atoms in total. The van der Waals surface area contributed by atoms with Crippen LogP contribution in [0, 0.1) is 5.92 Å². The third kappa shape index (κ3) is 4.62. The Morgan fingerprint density at radius 2 is 1.93 bits per heavy atom. The fraction of sp³-hybridized carbons (Fsp3) is 0.455. The number of carbonyl (C=O) groups is 2. The molecule has 0 spiro atoms. The number of anilines is 1. The molecule has 2 aliphatic rings. The molecule has 0 bridgehead atoms. The van der Waals surface area contributed by atoms with E-state index in [0.717, 1.165) is 37.6 Å². The average molecular weight is 397 g/mol. The second-order valence-electron chi connectivity index (χ2n) is 7.71. The molecule has 0 aliphatic carbocycles. The Hall–Kier alpha value is -2.80. The first kappa shape index (κ1) is 19.5. The molecule has 1 atom stereocenters. The van der Waals surface area contributed by atoms with Crippen molar-refractivity contribution in [3.8, 4) is 0 Å². The van der Waals surface area contributed by atoms with E-state index in [1.807, 2.05) is 6.07 Å². The van der Waals surface area contributed by atoms with Crippen molar-refractivity contribution >= 4 is 17.5 Å². The van der Waals surface area contributed by atoms with E-state index in [-0.39, 0.29) is 24.2 Å². The zero-order chi connectivity index (χ0) is 20.2. The molecule has 1 unspecified atom stereocenters. The standard InChI is InChI=1S/C22H27N3O4/c1-23(14-17-4-6-19(7-5-17)24-8-11-28-12-9-24)22(27)18-13-21(26)25(15-18)16-20-3-2-10-29-20/h2-7,10,18H,8-9,11-16H2,1H3. The van der Waals surface area contributed by atoms with E-state index >= 15 is 0 Å². The van der Waals surface area contributed by atoms with Crippen LogP contribution in [0.5, 0.6) is 0 Å². The van der Waals surface area contributed by atoms with E-state index in [2.05, 4.69) is 29.2 Å². The van der Waals surface area contributed by atoms with Crippen LogP contribution < -0.4 is 4.90 Å². The summed E-state index contributed by atoms with van der Waals surface area (Å²) in [7, 11) is 1.80. The summed E-state index contributed by atoms with van der Waals surface area (Å²) in [6.07, 6.45) is 1.86. The van der Waals surface area contributed by atoms with Crippen molar-refractivity contribution in [2.45, 2.75) is 19.5 Å². The Labute approximate surface area is 170 Å². The number of nitrogens with zero attached hydrogens (tertiary/aromatic N) is 3. The van der Waals surface area contributed by atoms with E-state index in [4.69, 9.17) is 9.15 Å². The quantitative estimate of drug-likeness (QED) is 0.747. The highest BCUT2D eigenvalue weighted by Gasteiger charge is 2.36.